The fourth-order valence-corrected chi connectivity index (χ4v) is 4.29. The Labute approximate surface area is 133 Å². The second kappa shape index (κ2) is 7.45. The lowest BCUT2D eigenvalue weighted by molar-refractivity contribution is 0.291. The molecule has 1 unspecified atom stereocenters. The van der Waals surface area contributed by atoms with Crippen LogP contribution in [0, 0.1) is 6.92 Å². The summed E-state index contributed by atoms with van der Waals surface area (Å²) in [5.41, 5.74) is 0.909. The smallest absolute Gasteiger partial charge is 0.246 e. The van der Waals surface area contributed by atoms with Gasteiger partial charge in [-0.2, -0.15) is 4.31 Å². The topological polar surface area (TPSA) is 58.6 Å². The van der Waals surface area contributed by atoms with Crippen molar-refractivity contribution < 1.29 is 13.2 Å². The lowest BCUT2D eigenvalue weighted by Crippen LogP contribution is -2.46. The summed E-state index contributed by atoms with van der Waals surface area (Å²) in [6.45, 7) is 2.96. The zero-order valence-corrected chi connectivity index (χ0v) is 14.3. The minimum Gasteiger partial charge on any atom is -0.495 e. The Hall–Kier alpha value is -0.820. The average Bonchev–Trinajstić information content (AvgIpc) is 2.47. The molecule has 1 heterocycles. The van der Waals surface area contributed by atoms with Crippen LogP contribution in [0.2, 0.25) is 0 Å². The number of halogens is 1. The molecule has 0 aliphatic carbocycles. The van der Waals surface area contributed by atoms with Crippen molar-refractivity contribution in [3.05, 3.63) is 23.8 Å². The van der Waals surface area contributed by atoms with E-state index in [1.54, 1.807) is 16.4 Å². The molecule has 0 aromatic heterocycles. The molecular formula is C14H23ClN2O3S. The van der Waals surface area contributed by atoms with Crippen LogP contribution >= 0.6 is 12.4 Å². The first-order valence-corrected chi connectivity index (χ1v) is 8.25. The van der Waals surface area contributed by atoms with E-state index in [0.717, 1.165) is 18.4 Å². The maximum Gasteiger partial charge on any atom is 0.246 e. The first-order valence-electron chi connectivity index (χ1n) is 6.81. The summed E-state index contributed by atoms with van der Waals surface area (Å²) >= 11 is 0. The molecule has 0 spiro atoms. The second-order valence-electron chi connectivity index (χ2n) is 5.15. The van der Waals surface area contributed by atoms with Crippen LogP contribution in [0.3, 0.4) is 0 Å². The molecule has 1 atom stereocenters. The maximum atomic E-state index is 12.8. The van der Waals surface area contributed by atoms with Crippen molar-refractivity contribution in [1.29, 1.82) is 0 Å². The number of aryl methyl sites for hydroxylation is 1. The monoisotopic (exact) mass is 334 g/mol. The molecule has 2 rings (SSSR count). The van der Waals surface area contributed by atoms with Gasteiger partial charge in [-0.15, -0.1) is 12.4 Å². The van der Waals surface area contributed by atoms with Crippen LogP contribution < -0.4 is 10.1 Å². The Morgan fingerprint density at radius 3 is 2.71 bits per heavy atom. The fourth-order valence-electron chi connectivity index (χ4n) is 2.52. The quantitative estimate of drug-likeness (QED) is 0.912. The summed E-state index contributed by atoms with van der Waals surface area (Å²) in [5.74, 6) is 0.405. The van der Waals surface area contributed by atoms with Crippen LogP contribution in [0.1, 0.15) is 18.4 Å². The number of rotatable bonds is 4. The molecule has 1 aliphatic heterocycles. The Morgan fingerprint density at radius 1 is 1.38 bits per heavy atom. The van der Waals surface area contributed by atoms with Gasteiger partial charge in [0.2, 0.25) is 10.0 Å². The highest BCUT2D eigenvalue weighted by Gasteiger charge is 2.31. The number of hydrogen-bond acceptors (Lipinski definition) is 4. The molecule has 1 N–H and O–H groups in total. The highest BCUT2D eigenvalue weighted by Crippen LogP contribution is 2.29. The Bertz CT molecular complexity index is 578. The molecule has 1 aliphatic rings. The largest absolute Gasteiger partial charge is 0.495 e. The predicted molar refractivity (Wildman–Crippen MR) is 85.8 cm³/mol. The SMILES string of the molecule is CNC1CCCN(S(=O)(=O)c2cc(C)ccc2OC)C1.Cl. The van der Waals surface area contributed by atoms with E-state index < -0.39 is 10.0 Å². The number of nitrogens with zero attached hydrogens (tertiary/aromatic N) is 1. The van der Waals surface area contributed by atoms with Gasteiger partial charge < -0.3 is 10.1 Å². The predicted octanol–water partition coefficient (Wildman–Crippen LogP) is 1.80. The average molecular weight is 335 g/mol. The lowest BCUT2D eigenvalue weighted by Gasteiger charge is -2.32. The minimum atomic E-state index is -3.50. The van der Waals surface area contributed by atoms with E-state index in [-0.39, 0.29) is 23.3 Å². The Balaban J connectivity index is 0.00000220. The van der Waals surface area contributed by atoms with Gasteiger partial charge >= 0.3 is 0 Å². The van der Waals surface area contributed by atoms with Gasteiger partial charge in [0.25, 0.3) is 0 Å². The number of sulfonamides is 1. The van der Waals surface area contributed by atoms with Gasteiger partial charge in [0.05, 0.1) is 7.11 Å². The zero-order valence-electron chi connectivity index (χ0n) is 12.6. The van der Waals surface area contributed by atoms with Crippen LogP contribution in [0.4, 0.5) is 0 Å². The number of piperidine rings is 1. The van der Waals surface area contributed by atoms with Crippen LogP contribution in [0.25, 0.3) is 0 Å². The molecule has 0 bridgehead atoms. The molecule has 1 aromatic rings. The van der Waals surface area contributed by atoms with Crippen LogP contribution in [-0.4, -0.2) is 46.0 Å². The summed E-state index contributed by atoms with van der Waals surface area (Å²) in [7, 11) is -0.137. The van der Waals surface area contributed by atoms with Gasteiger partial charge in [0.15, 0.2) is 0 Å². The van der Waals surface area contributed by atoms with Crippen LogP contribution in [0.5, 0.6) is 5.75 Å². The number of benzene rings is 1. The van der Waals surface area contributed by atoms with E-state index in [2.05, 4.69) is 5.32 Å². The molecule has 21 heavy (non-hydrogen) atoms. The number of methoxy groups -OCH3 is 1. The van der Waals surface area contributed by atoms with Gasteiger partial charge in [0.1, 0.15) is 10.6 Å². The third-order valence-corrected chi connectivity index (χ3v) is 5.62. The first-order chi connectivity index (χ1) is 9.48. The standard InChI is InChI=1S/C14H22N2O3S.ClH/c1-11-6-7-13(19-3)14(9-11)20(17,18)16-8-4-5-12(10-16)15-2;/h6-7,9,12,15H,4-5,8,10H2,1-3H3;1H. The molecule has 1 aromatic carbocycles. The summed E-state index contributed by atoms with van der Waals surface area (Å²) in [4.78, 5) is 0.261. The number of ether oxygens (including phenoxy) is 1. The maximum absolute atomic E-state index is 12.8. The molecule has 1 fully saturated rings. The Kier molecular flexibility index (Phi) is 6.46. The molecule has 0 amide bonds. The van der Waals surface area contributed by atoms with Crippen molar-refractivity contribution in [2.75, 3.05) is 27.2 Å². The molecule has 7 heteroatoms. The first kappa shape index (κ1) is 18.2. The van der Waals surface area contributed by atoms with Gasteiger partial charge in [-0.25, -0.2) is 8.42 Å². The summed E-state index contributed by atoms with van der Waals surface area (Å²) < 4.78 is 32.4. The van der Waals surface area contributed by atoms with Gasteiger partial charge in [-0.3, -0.25) is 0 Å². The van der Waals surface area contributed by atoms with Crippen LogP contribution in [0.15, 0.2) is 23.1 Å². The highest BCUT2D eigenvalue weighted by molar-refractivity contribution is 7.89. The van der Waals surface area contributed by atoms with Crippen molar-refractivity contribution in [2.45, 2.75) is 30.7 Å². The summed E-state index contributed by atoms with van der Waals surface area (Å²) in [6, 6.07) is 5.46. The second-order valence-corrected chi connectivity index (χ2v) is 7.05. The summed E-state index contributed by atoms with van der Waals surface area (Å²) in [6.07, 6.45) is 1.88. The third kappa shape index (κ3) is 3.88. The van der Waals surface area contributed by atoms with E-state index in [1.165, 1.54) is 7.11 Å². The van der Waals surface area contributed by atoms with E-state index in [0.29, 0.717) is 18.8 Å². The van der Waals surface area contributed by atoms with Gasteiger partial charge in [-0.05, 0) is 44.5 Å². The van der Waals surface area contributed by atoms with Gasteiger partial charge in [-0.1, -0.05) is 6.07 Å². The van der Waals surface area contributed by atoms with Crippen molar-refractivity contribution in [2.24, 2.45) is 0 Å². The molecule has 120 valence electrons. The number of nitrogens with one attached hydrogen (secondary N) is 1. The van der Waals surface area contributed by atoms with Gasteiger partial charge in [0, 0.05) is 19.1 Å². The molecular weight excluding hydrogens is 312 g/mol. The third-order valence-electron chi connectivity index (χ3n) is 3.73. The van der Waals surface area contributed by atoms with E-state index in [1.807, 2.05) is 20.0 Å². The van der Waals surface area contributed by atoms with Crippen molar-refractivity contribution in [3.63, 3.8) is 0 Å². The Morgan fingerprint density at radius 2 is 2.10 bits per heavy atom. The lowest BCUT2D eigenvalue weighted by atomic mass is 10.1. The molecule has 5 nitrogen and oxygen atoms in total. The molecule has 0 saturated carbocycles. The fraction of sp³-hybridized carbons (Fsp3) is 0.571. The van der Waals surface area contributed by atoms with E-state index in [4.69, 9.17) is 4.74 Å². The number of hydrogen-bond donors (Lipinski definition) is 1. The van der Waals surface area contributed by atoms with Crippen molar-refractivity contribution >= 4 is 22.4 Å². The van der Waals surface area contributed by atoms with Crippen molar-refractivity contribution in [3.8, 4) is 5.75 Å². The highest BCUT2D eigenvalue weighted by atomic mass is 35.5. The summed E-state index contributed by atoms with van der Waals surface area (Å²) in [5, 5.41) is 3.16. The minimum absolute atomic E-state index is 0. The molecule has 1 saturated heterocycles. The molecule has 0 radical (unpaired) electrons. The van der Waals surface area contributed by atoms with E-state index in [9.17, 15) is 8.42 Å². The normalized spacial score (nSPS) is 19.9. The number of likely N-dealkylation sites (N-methyl/N-ethyl adjacent to an activating group) is 1. The van der Waals surface area contributed by atoms with E-state index >= 15 is 0 Å². The van der Waals surface area contributed by atoms with Crippen molar-refractivity contribution in [1.82, 2.24) is 9.62 Å². The van der Waals surface area contributed by atoms with Crippen LogP contribution in [-0.2, 0) is 10.0 Å². The zero-order chi connectivity index (χ0) is 14.8.